The van der Waals surface area contributed by atoms with Crippen molar-refractivity contribution >= 4 is 45.8 Å². The van der Waals surface area contributed by atoms with Gasteiger partial charge >= 0.3 is 11.9 Å². The third-order valence-electron chi connectivity index (χ3n) is 5.40. The summed E-state index contributed by atoms with van der Waals surface area (Å²) >= 11 is 1.80. The fourth-order valence-corrected chi connectivity index (χ4v) is 4.32. The zero-order valence-corrected chi connectivity index (χ0v) is 25.3. The first-order valence-corrected chi connectivity index (χ1v) is 13.2. The van der Waals surface area contributed by atoms with Crippen molar-refractivity contribution in [2.24, 2.45) is 0 Å². The number of aromatic nitrogens is 4. The van der Waals surface area contributed by atoms with E-state index in [2.05, 4.69) is 32.1 Å². The molecule has 2 heterocycles. The molecule has 0 spiro atoms. The van der Waals surface area contributed by atoms with Gasteiger partial charge < -0.3 is 20.2 Å². The maximum Gasteiger partial charge on any atom is 0.335 e. The summed E-state index contributed by atoms with van der Waals surface area (Å²) in [7, 11) is 0. The average molecular weight is 604 g/mol. The first kappa shape index (κ1) is 30.3. The van der Waals surface area contributed by atoms with E-state index >= 15 is 0 Å². The number of hydrogen-bond acceptors (Lipinski definition) is 5. The number of fused-ring (bicyclic) bond motifs is 2. The van der Waals surface area contributed by atoms with Crippen LogP contribution in [0.1, 0.15) is 32.4 Å². The van der Waals surface area contributed by atoms with Gasteiger partial charge in [-0.1, -0.05) is 60.7 Å². The van der Waals surface area contributed by atoms with Gasteiger partial charge in [-0.2, -0.15) is 0 Å². The van der Waals surface area contributed by atoms with Gasteiger partial charge in [0.15, 0.2) is 0 Å². The molecule has 0 saturated carbocycles. The number of aromatic carboxylic acids is 2. The van der Waals surface area contributed by atoms with Crippen LogP contribution in [0.2, 0.25) is 0 Å². The number of carbonyl (C=O) groups is 2. The number of aromatic amines is 2. The van der Waals surface area contributed by atoms with Gasteiger partial charge in [0.25, 0.3) is 0 Å². The summed E-state index contributed by atoms with van der Waals surface area (Å²) in [6.07, 6.45) is 0. The number of nitrogens with one attached hydrogen (secondary N) is 2. The number of imidazole rings is 2. The van der Waals surface area contributed by atoms with Crippen molar-refractivity contribution in [1.82, 2.24) is 19.9 Å². The fourth-order valence-electron chi connectivity index (χ4n) is 3.55. The first-order valence-electron chi connectivity index (χ1n) is 12.0. The Morgan fingerprint density at radius 1 is 0.575 bits per heavy atom. The van der Waals surface area contributed by atoms with E-state index in [0.29, 0.717) is 11.1 Å². The predicted octanol–water partition coefficient (Wildman–Crippen LogP) is 6.64. The van der Waals surface area contributed by atoms with Crippen molar-refractivity contribution in [3.05, 3.63) is 132 Å². The number of benzene rings is 4. The average Bonchev–Trinajstić information content (AvgIpc) is 3.58. The molecule has 6 rings (SSSR count). The van der Waals surface area contributed by atoms with Crippen LogP contribution in [0, 0.1) is 0 Å². The Bertz CT molecular complexity index is 1470. The maximum atomic E-state index is 10.2. The Hall–Kier alpha value is -4.27. The van der Waals surface area contributed by atoms with E-state index < -0.39 is 11.9 Å². The molecule has 0 fully saturated rings. The third kappa shape index (κ3) is 8.90. The Labute approximate surface area is 247 Å². The molecule has 0 amide bonds. The monoisotopic (exact) mass is 602 g/mol. The molecule has 8 nitrogen and oxygen atoms in total. The van der Waals surface area contributed by atoms with Crippen molar-refractivity contribution in [2.75, 3.05) is 0 Å². The normalized spacial score (nSPS) is 10.0. The molecular formula is C30H26N4O4SZn. The second-order valence-corrected chi connectivity index (χ2v) is 9.22. The number of thioether (sulfide) groups is 1. The van der Waals surface area contributed by atoms with E-state index in [9.17, 15) is 9.59 Å². The first-order chi connectivity index (χ1) is 19.0. The largest absolute Gasteiger partial charge is 0.478 e. The number of carboxylic acids is 2. The SMILES string of the molecule is O=C(O)c1ccccc1.O=C(O)c1ccccc1.[Zn].c1ccc2[nH]c(CSCc3nc4ccccc4[nH]3)nc2c1. The molecule has 198 valence electrons. The molecule has 0 bridgehead atoms. The Morgan fingerprint density at radius 3 is 1.25 bits per heavy atom. The summed E-state index contributed by atoms with van der Waals surface area (Å²) in [6.45, 7) is 0. The van der Waals surface area contributed by atoms with Crippen LogP contribution in [0.3, 0.4) is 0 Å². The van der Waals surface area contributed by atoms with Gasteiger partial charge in [0.2, 0.25) is 0 Å². The molecular weight excluding hydrogens is 578 g/mol. The minimum atomic E-state index is -0.879. The van der Waals surface area contributed by atoms with E-state index in [1.807, 2.05) is 36.4 Å². The molecule has 0 aliphatic heterocycles. The summed E-state index contributed by atoms with van der Waals surface area (Å²) in [4.78, 5) is 36.3. The maximum absolute atomic E-state index is 10.2. The second kappa shape index (κ2) is 15.4. The molecule has 10 heteroatoms. The van der Waals surface area contributed by atoms with Gasteiger partial charge in [0, 0.05) is 19.5 Å². The molecule has 4 N–H and O–H groups in total. The second-order valence-electron chi connectivity index (χ2n) is 8.24. The van der Waals surface area contributed by atoms with E-state index in [4.69, 9.17) is 10.2 Å². The Balaban J connectivity index is 0.000000194. The quantitative estimate of drug-likeness (QED) is 0.157. The minimum Gasteiger partial charge on any atom is -0.478 e. The van der Waals surface area contributed by atoms with Gasteiger partial charge in [0.05, 0.1) is 44.7 Å². The van der Waals surface area contributed by atoms with Gasteiger partial charge in [0.1, 0.15) is 11.6 Å². The Kier molecular flexibility index (Phi) is 11.6. The summed E-state index contributed by atoms with van der Waals surface area (Å²) in [5, 5.41) is 16.8. The summed E-state index contributed by atoms with van der Waals surface area (Å²) < 4.78 is 0. The van der Waals surface area contributed by atoms with E-state index in [1.165, 1.54) is 0 Å². The van der Waals surface area contributed by atoms with Crippen molar-refractivity contribution in [1.29, 1.82) is 0 Å². The van der Waals surface area contributed by atoms with Crippen LogP contribution in [0.4, 0.5) is 0 Å². The molecule has 6 aromatic rings. The van der Waals surface area contributed by atoms with Gasteiger partial charge in [-0.3, -0.25) is 0 Å². The predicted molar refractivity (Wildman–Crippen MR) is 154 cm³/mol. The summed E-state index contributed by atoms with van der Waals surface area (Å²) in [5.74, 6) is 1.97. The van der Waals surface area contributed by atoms with Crippen LogP contribution in [0.25, 0.3) is 22.1 Å². The van der Waals surface area contributed by atoms with Crippen molar-refractivity contribution in [3.63, 3.8) is 0 Å². The third-order valence-corrected chi connectivity index (χ3v) is 6.35. The van der Waals surface area contributed by atoms with Crippen LogP contribution in [-0.4, -0.2) is 42.1 Å². The number of rotatable bonds is 6. The molecule has 4 aromatic carbocycles. The van der Waals surface area contributed by atoms with E-state index in [1.54, 1.807) is 72.4 Å². The van der Waals surface area contributed by atoms with Crippen LogP contribution >= 0.6 is 11.8 Å². The summed E-state index contributed by atoms with van der Waals surface area (Å²) in [5.41, 5.74) is 4.90. The zero-order chi connectivity index (χ0) is 27.5. The smallest absolute Gasteiger partial charge is 0.335 e. The van der Waals surface area contributed by atoms with E-state index in [-0.39, 0.29) is 19.5 Å². The molecule has 2 aromatic heterocycles. The molecule has 0 atom stereocenters. The van der Waals surface area contributed by atoms with Gasteiger partial charge in [-0.15, -0.1) is 11.8 Å². The van der Waals surface area contributed by atoms with Crippen LogP contribution < -0.4 is 0 Å². The fraction of sp³-hybridized carbons (Fsp3) is 0.0667. The van der Waals surface area contributed by atoms with Crippen LogP contribution in [0.15, 0.2) is 109 Å². The number of para-hydroxylation sites is 4. The zero-order valence-electron chi connectivity index (χ0n) is 21.5. The number of nitrogens with zero attached hydrogens (tertiary/aromatic N) is 2. The van der Waals surface area contributed by atoms with E-state index in [0.717, 1.165) is 45.2 Å². The number of H-pyrrole nitrogens is 2. The standard InChI is InChI=1S/C16H14N4S.2C7H6O2.Zn/c1-2-6-12-11(5-1)17-15(18-12)9-21-10-16-19-13-7-3-4-8-14(13)20-16;2*8-7(9)6-4-2-1-3-5-6;/h1-8H,9-10H2,(H,17,18)(H,19,20);2*1-5H,(H,8,9);. The molecule has 0 aliphatic rings. The molecule has 0 radical (unpaired) electrons. The topological polar surface area (TPSA) is 132 Å². The van der Waals surface area contributed by atoms with Gasteiger partial charge in [-0.05, 0) is 48.5 Å². The Morgan fingerprint density at radius 2 is 0.925 bits per heavy atom. The minimum absolute atomic E-state index is 0. The number of carboxylic acid groups (broad SMARTS) is 2. The summed E-state index contributed by atoms with van der Waals surface area (Å²) in [6, 6.07) is 32.8. The van der Waals surface area contributed by atoms with Gasteiger partial charge in [-0.25, -0.2) is 19.6 Å². The molecule has 0 saturated heterocycles. The van der Waals surface area contributed by atoms with Crippen molar-refractivity contribution in [2.45, 2.75) is 11.5 Å². The molecule has 0 aliphatic carbocycles. The molecule has 0 unspecified atom stereocenters. The number of hydrogen-bond donors (Lipinski definition) is 4. The van der Waals surface area contributed by atoms with Crippen LogP contribution in [0.5, 0.6) is 0 Å². The molecule has 40 heavy (non-hydrogen) atoms. The van der Waals surface area contributed by atoms with Crippen molar-refractivity contribution < 1.29 is 39.3 Å². The van der Waals surface area contributed by atoms with Crippen LogP contribution in [-0.2, 0) is 31.0 Å². The van der Waals surface area contributed by atoms with Crippen molar-refractivity contribution in [3.8, 4) is 0 Å².